The summed E-state index contributed by atoms with van der Waals surface area (Å²) in [6.07, 6.45) is 0. The van der Waals surface area contributed by atoms with Crippen LogP contribution in [-0.2, 0) is 10.0 Å². The Morgan fingerprint density at radius 3 is 2.33 bits per heavy atom. The molecule has 3 amide bonds. The zero-order valence-corrected chi connectivity index (χ0v) is 16.2. The smallest absolute Gasteiger partial charge is 0.261 e. The van der Waals surface area contributed by atoms with Crippen molar-refractivity contribution in [3.05, 3.63) is 89.5 Å². The number of amides is 3. The molecule has 1 aliphatic rings. The van der Waals surface area contributed by atoms with E-state index in [0.29, 0.717) is 0 Å². The molecule has 0 saturated heterocycles. The Balaban J connectivity index is 1.58. The van der Waals surface area contributed by atoms with E-state index < -0.39 is 27.7 Å². The van der Waals surface area contributed by atoms with Crippen LogP contribution in [0.1, 0.15) is 31.1 Å². The molecule has 3 aromatic carbocycles. The van der Waals surface area contributed by atoms with E-state index in [9.17, 15) is 22.8 Å². The summed E-state index contributed by atoms with van der Waals surface area (Å²) in [5, 5.41) is 4.78. The molecular weight excluding hydrogens is 406 g/mol. The quantitative estimate of drug-likeness (QED) is 0.547. The van der Waals surface area contributed by atoms with Gasteiger partial charge in [-0.3, -0.25) is 24.4 Å². The number of anilines is 2. The molecule has 0 unspecified atom stereocenters. The molecule has 0 aromatic heterocycles. The summed E-state index contributed by atoms with van der Waals surface area (Å²) in [4.78, 5) is 36.5. The van der Waals surface area contributed by atoms with Crippen molar-refractivity contribution in [3.8, 4) is 0 Å². The molecular formula is C21H15N3O5S. The van der Waals surface area contributed by atoms with Crippen molar-refractivity contribution in [1.82, 2.24) is 5.32 Å². The third-order valence-electron chi connectivity index (χ3n) is 4.44. The van der Waals surface area contributed by atoms with Gasteiger partial charge in [0.05, 0.1) is 21.7 Å². The molecule has 30 heavy (non-hydrogen) atoms. The molecule has 9 heteroatoms. The van der Waals surface area contributed by atoms with Crippen LogP contribution in [0.3, 0.4) is 0 Å². The molecule has 0 spiro atoms. The molecule has 0 aliphatic carbocycles. The van der Waals surface area contributed by atoms with Crippen LogP contribution in [0.25, 0.3) is 0 Å². The number of carbonyl (C=O) groups excluding carboxylic acids is 3. The molecule has 1 aliphatic heterocycles. The van der Waals surface area contributed by atoms with Crippen LogP contribution in [0.5, 0.6) is 0 Å². The predicted molar refractivity (Wildman–Crippen MR) is 110 cm³/mol. The second kappa shape index (κ2) is 7.45. The standard InChI is InChI=1S/C21H15N3O5S/c25-19(22-17-11-5-10-16-18(17)21(27)23-20(16)26)13-6-4-7-14(12-13)24-30(28,29)15-8-2-1-3-9-15/h1-12,24H,(H,22,25)(H,23,26,27). The van der Waals surface area contributed by atoms with Crippen LogP contribution in [0.4, 0.5) is 11.4 Å². The summed E-state index contributed by atoms with van der Waals surface area (Å²) in [5.74, 6) is -1.67. The number of carbonyl (C=O) groups is 3. The van der Waals surface area contributed by atoms with E-state index in [2.05, 4.69) is 15.4 Å². The first-order chi connectivity index (χ1) is 14.3. The Morgan fingerprint density at radius 1 is 0.833 bits per heavy atom. The normalized spacial score (nSPS) is 12.8. The molecule has 4 rings (SSSR count). The van der Waals surface area contributed by atoms with Crippen LogP contribution in [-0.4, -0.2) is 26.1 Å². The summed E-state index contributed by atoms with van der Waals surface area (Å²) in [7, 11) is -3.81. The highest BCUT2D eigenvalue weighted by molar-refractivity contribution is 7.92. The molecule has 3 aromatic rings. The third kappa shape index (κ3) is 3.65. The minimum atomic E-state index is -3.81. The largest absolute Gasteiger partial charge is 0.321 e. The number of benzene rings is 3. The van der Waals surface area contributed by atoms with Crippen LogP contribution >= 0.6 is 0 Å². The Morgan fingerprint density at radius 2 is 1.57 bits per heavy atom. The number of imide groups is 1. The van der Waals surface area contributed by atoms with Crippen molar-refractivity contribution < 1.29 is 22.8 Å². The first-order valence-corrected chi connectivity index (χ1v) is 10.3. The van der Waals surface area contributed by atoms with Crippen molar-refractivity contribution in [2.24, 2.45) is 0 Å². The van der Waals surface area contributed by atoms with Crippen LogP contribution in [0, 0.1) is 0 Å². The molecule has 150 valence electrons. The van der Waals surface area contributed by atoms with E-state index in [-0.39, 0.29) is 33.0 Å². The van der Waals surface area contributed by atoms with Gasteiger partial charge in [0, 0.05) is 11.3 Å². The summed E-state index contributed by atoms with van der Waals surface area (Å²) < 4.78 is 27.4. The van der Waals surface area contributed by atoms with Crippen LogP contribution in [0.15, 0.2) is 77.7 Å². The Bertz CT molecular complexity index is 1290. The molecule has 1 heterocycles. The molecule has 8 nitrogen and oxygen atoms in total. The van der Waals surface area contributed by atoms with Gasteiger partial charge in [0.25, 0.3) is 27.7 Å². The summed E-state index contributed by atoms with van der Waals surface area (Å²) in [5.41, 5.74) is 0.846. The summed E-state index contributed by atoms with van der Waals surface area (Å²) >= 11 is 0. The maximum absolute atomic E-state index is 12.7. The third-order valence-corrected chi connectivity index (χ3v) is 5.84. The summed E-state index contributed by atoms with van der Waals surface area (Å²) in [6.45, 7) is 0. The fourth-order valence-electron chi connectivity index (χ4n) is 3.06. The van der Waals surface area contributed by atoms with Gasteiger partial charge >= 0.3 is 0 Å². The second-order valence-corrected chi connectivity index (χ2v) is 8.15. The number of nitrogens with one attached hydrogen (secondary N) is 3. The van der Waals surface area contributed by atoms with Gasteiger partial charge in [-0.2, -0.15) is 0 Å². The van der Waals surface area contributed by atoms with Crippen LogP contribution < -0.4 is 15.4 Å². The Labute approximate surface area is 172 Å². The van der Waals surface area contributed by atoms with Gasteiger partial charge in [-0.1, -0.05) is 30.3 Å². The fourth-order valence-corrected chi connectivity index (χ4v) is 4.13. The maximum Gasteiger partial charge on any atom is 0.261 e. The van der Waals surface area contributed by atoms with Gasteiger partial charge in [0.2, 0.25) is 0 Å². The predicted octanol–water partition coefficient (Wildman–Crippen LogP) is 2.62. The molecule has 0 bridgehead atoms. The summed E-state index contributed by atoms with van der Waals surface area (Å²) in [6, 6.07) is 18.3. The van der Waals surface area contributed by atoms with Gasteiger partial charge in [0.1, 0.15) is 0 Å². The van der Waals surface area contributed by atoms with Gasteiger partial charge in [-0.25, -0.2) is 8.42 Å². The highest BCUT2D eigenvalue weighted by Crippen LogP contribution is 2.25. The minimum absolute atomic E-state index is 0.0929. The van der Waals surface area contributed by atoms with Crippen LogP contribution in [0.2, 0.25) is 0 Å². The van der Waals surface area contributed by atoms with E-state index in [1.165, 1.54) is 48.5 Å². The second-order valence-electron chi connectivity index (χ2n) is 6.46. The molecule has 0 atom stereocenters. The SMILES string of the molecule is O=C(Nc1cccc2c1C(=O)NC2=O)c1cccc(NS(=O)(=O)c2ccccc2)c1. The van der Waals surface area contributed by atoms with Crippen molar-refractivity contribution in [3.63, 3.8) is 0 Å². The van der Waals surface area contributed by atoms with Crippen molar-refractivity contribution in [2.45, 2.75) is 4.90 Å². The number of fused-ring (bicyclic) bond motifs is 1. The fraction of sp³-hybridized carbons (Fsp3) is 0. The number of sulfonamides is 1. The zero-order chi connectivity index (χ0) is 21.3. The Kier molecular flexibility index (Phi) is 4.80. The molecule has 0 saturated carbocycles. The number of hydrogen-bond acceptors (Lipinski definition) is 5. The van der Waals surface area contributed by atoms with Gasteiger partial charge in [-0.05, 0) is 42.5 Å². The highest BCUT2D eigenvalue weighted by atomic mass is 32.2. The van der Waals surface area contributed by atoms with E-state index in [1.54, 1.807) is 24.3 Å². The van der Waals surface area contributed by atoms with Gasteiger partial charge < -0.3 is 5.32 Å². The molecule has 0 radical (unpaired) electrons. The van der Waals surface area contributed by atoms with E-state index >= 15 is 0 Å². The molecule has 3 N–H and O–H groups in total. The van der Waals surface area contributed by atoms with E-state index in [1.807, 2.05) is 0 Å². The first kappa shape index (κ1) is 19.3. The average molecular weight is 421 g/mol. The topological polar surface area (TPSA) is 121 Å². The minimum Gasteiger partial charge on any atom is -0.321 e. The zero-order valence-electron chi connectivity index (χ0n) is 15.4. The first-order valence-electron chi connectivity index (χ1n) is 8.83. The lowest BCUT2D eigenvalue weighted by molar-refractivity contribution is 0.0879. The lowest BCUT2D eigenvalue weighted by Gasteiger charge is -2.11. The molecule has 0 fully saturated rings. The lowest BCUT2D eigenvalue weighted by Crippen LogP contribution is -2.21. The number of hydrogen-bond donors (Lipinski definition) is 3. The van der Waals surface area contributed by atoms with Crippen molar-refractivity contribution >= 4 is 39.1 Å². The number of rotatable bonds is 5. The Hall–Kier alpha value is -3.98. The lowest BCUT2D eigenvalue weighted by atomic mass is 10.1. The highest BCUT2D eigenvalue weighted by Gasteiger charge is 2.29. The van der Waals surface area contributed by atoms with Crippen molar-refractivity contribution in [1.29, 1.82) is 0 Å². The van der Waals surface area contributed by atoms with E-state index in [0.717, 1.165) is 0 Å². The van der Waals surface area contributed by atoms with Crippen molar-refractivity contribution in [2.75, 3.05) is 10.0 Å². The average Bonchev–Trinajstić information content (AvgIpc) is 3.03. The van der Waals surface area contributed by atoms with E-state index in [4.69, 9.17) is 0 Å². The maximum atomic E-state index is 12.7. The monoisotopic (exact) mass is 421 g/mol. The van der Waals surface area contributed by atoms with Gasteiger partial charge in [0.15, 0.2) is 0 Å². The van der Waals surface area contributed by atoms with Gasteiger partial charge in [-0.15, -0.1) is 0 Å².